The Morgan fingerprint density at radius 2 is 1.79 bits per heavy atom. The number of unbranched alkanes of at least 4 members (excludes halogenated alkanes) is 5. The molecule has 0 radical (unpaired) electrons. The molecule has 1 rings (SSSR count). The van der Waals surface area contributed by atoms with E-state index in [9.17, 15) is 5.11 Å². The van der Waals surface area contributed by atoms with Gasteiger partial charge in [-0.1, -0.05) is 57.1 Å². The Bertz CT molecular complexity index is 360. The molecular formula is C17H28O2. The molecule has 1 atom stereocenters. The zero-order valence-electron chi connectivity index (χ0n) is 12.6. The van der Waals surface area contributed by atoms with Gasteiger partial charge in [-0.15, -0.1) is 0 Å². The Labute approximate surface area is 117 Å². The van der Waals surface area contributed by atoms with Crippen molar-refractivity contribution in [2.75, 3.05) is 7.11 Å². The van der Waals surface area contributed by atoms with Crippen LogP contribution in [-0.4, -0.2) is 12.2 Å². The molecule has 0 fully saturated rings. The topological polar surface area (TPSA) is 29.5 Å². The molecule has 1 N–H and O–H groups in total. The van der Waals surface area contributed by atoms with Gasteiger partial charge in [0.25, 0.3) is 0 Å². The van der Waals surface area contributed by atoms with Crippen molar-refractivity contribution in [2.45, 2.75) is 64.9 Å². The third kappa shape index (κ3) is 5.65. The van der Waals surface area contributed by atoms with Gasteiger partial charge in [0.2, 0.25) is 0 Å². The Morgan fingerprint density at radius 3 is 2.47 bits per heavy atom. The predicted octanol–water partition coefficient (Wildman–Crippen LogP) is 4.79. The van der Waals surface area contributed by atoms with E-state index in [-0.39, 0.29) is 0 Å². The zero-order valence-corrected chi connectivity index (χ0v) is 12.6. The third-order valence-corrected chi connectivity index (χ3v) is 3.58. The largest absolute Gasteiger partial charge is 0.496 e. The summed E-state index contributed by atoms with van der Waals surface area (Å²) in [7, 11) is 1.66. The van der Waals surface area contributed by atoms with Crippen LogP contribution in [0.15, 0.2) is 18.2 Å². The lowest BCUT2D eigenvalue weighted by atomic mass is 9.99. The van der Waals surface area contributed by atoms with Gasteiger partial charge < -0.3 is 9.84 Å². The fraction of sp³-hybridized carbons (Fsp3) is 0.647. The van der Waals surface area contributed by atoms with Crippen LogP contribution in [0.1, 0.15) is 69.1 Å². The molecule has 0 aromatic heterocycles. The average molecular weight is 264 g/mol. The standard InChI is InChI=1S/C17H28O2/c1-4-5-6-7-8-9-10-16(18)15-13-14(2)11-12-17(15)19-3/h11-13,16,18H,4-10H2,1-3H3. The molecule has 0 spiro atoms. The second-order valence-electron chi connectivity index (χ2n) is 5.32. The maximum absolute atomic E-state index is 10.3. The summed E-state index contributed by atoms with van der Waals surface area (Å²) >= 11 is 0. The van der Waals surface area contributed by atoms with Crippen molar-refractivity contribution in [1.82, 2.24) is 0 Å². The smallest absolute Gasteiger partial charge is 0.124 e. The van der Waals surface area contributed by atoms with Gasteiger partial charge in [0.05, 0.1) is 13.2 Å². The van der Waals surface area contributed by atoms with Crippen LogP contribution in [0.3, 0.4) is 0 Å². The fourth-order valence-corrected chi connectivity index (χ4v) is 2.39. The van der Waals surface area contributed by atoms with Gasteiger partial charge in [-0.2, -0.15) is 0 Å². The number of benzene rings is 1. The molecule has 1 aromatic rings. The maximum atomic E-state index is 10.3. The Morgan fingerprint density at radius 1 is 1.11 bits per heavy atom. The lowest BCUT2D eigenvalue weighted by Crippen LogP contribution is -2.01. The average Bonchev–Trinajstić information content (AvgIpc) is 2.42. The second kappa shape index (κ2) is 8.98. The summed E-state index contributed by atoms with van der Waals surface area (Å²) in [5, 5.41) is 10.3. The van der Waals surface area contributed by atoms with Crippen LogP contribution in [0.25, 0.3) is 0 Å². The van der Waals surface area contributed by atoms with Crippen molar-refractivity contribution < 1.29 is 9.84 Å². The van der Waals surface area contributed by atoms with E-state index in [2.05, 4.69) is 6.92 Å². The van der Waals surface area contributed by atoms with Crippen LogP contribution >= 0.6 is 0 Å². The highest BCUT2D eigenvalue weighted by molar-refractivity contribution is 5.38. The SMILES string of the molecule is CCCCCCCCC(O)c1cc(C)ccc1OC. The number of aryl methyl sites for hydroxylation is 1. The molecule has 0 amide bonds. The summed E-state index contributed by atoms with van der Waals surface area (Å²) in [5.41, 5.74) is 2.09. The summed E-state index contributed by atoms with van der Waals surface area (Å²) in [6, 6.07) is 5.98. The number of ether oxygens (including phenoxy) is 1. The molecule has 19 heavy (non-hydrogen) atoms. The molecule has 0 saturated carbocycles. The quantitative estimate of drug-likeness (QED) is 0.650. The van der Waals surface area contributed by atoms with E-state index < -0.39 is 6.10 Å². The van der Waals surface area contributed by atoms with Crippen molar-refractivity contribution in [3.63, 3.8) is 0 Å². The Balaban J connectivity index is 2.40. The van der Waals surface area contributed by atoms with Crippen molar-refractivity contribution in [3.8, 4) is 5.75 Å². The molecule has 0 aliphatic rings. The summed E-state index contributed by atoms with van der Waals surface area (Å²) in [6.45, 7) is 4.27. The lowest BCUT2D eigenvalue weighted by molar-refractivity contribution is 0.159. The van der Waals surface area contributed by atoms with Gasteiger partial charge in [0.15, 0.2) is 0 Å². The molecular weight excluding hydrogens is 236 g/mol. The Hall–Kier alpha value is -1.02. The molecule has 1 unspecified atom stereocenters. The highest BCUT2D eigenvalue weighted by Crippen LogP contribution is 2.29. The number of hydrogen-bond acceptors (Lipinski definition) is 2. The zero-order chi connectivity index (χ0) is 14.1. The van der Waals surface area contributed by atoms with E-state index in [1.165, 1.54) is 32.1 Å². The molecule has 2 nitrogen and oxygen atoms in total. The van der Waals surface area contributed by atoms with E-state index in [1.807, 2.05) is 25.1 Å². The number of aliphatic hydroxyl groups excluding tert-OH is 1. The number of rotatable bonds is 9. The number of hydrogen-bond donors (Lipinski definition) is 1. The van der Waals surface area contributed by atoms with Gasteiger partial charge in [-0.25, -0.2) is 0 Å². The fourth-order valence-electron chi connectivity index (χ4n) is 2.39. The molecule has 108 valence electrons. The van der Waals surface area contributed by atoms with E-state index >= 15 is 0 Å². The molecule has 0 aliphatic heterocycles. The van der Waals surface area contributed by atoms with Crippen LogP contribution in [0, 0.1) is 6.92 Å². The van der Waals surface area contributed by atoms with Crippen molar-refractivity contribution in [3.05, 3.63) is 29.3 Å². The van der Waals surface area contributed by atoms with Crippen molar-refractivity contribution >= 4 is 0 Å². The Kier molecular flexibility index (Phi) is 7.57. The molecule has 0 heterocycles. The summed E-state index contributed by atoms with van der Waals surface area (Å²) in [5.74, 6) is 0.795. The summed E-state index contributed by atoms with van der Waals surface area (Å²) in [6.07, 6.45) is 7.93. The van der Waals surface area contributed by atoms with Crippen LogP contribution < -0.4 is 4.74 Å². The minimum Gasteiger partial charge on any atom is -0.496 e. The van der Waals surface area contributed by atoms with Crippen molar-refractivity contribution in [1.29, 1.82) is 0 Å². The highest BCUT2D eigenvalue weighted by atomic mass is 16.5. The van der Waals surface area contributed by atoms with E-state index in [0.29, 0.717) is 0 Å². The third-order valence-electron chi connectivity index (χ3n) is 3.58. The van der Waals surface area contributed by atoms with Gasteiger partial charge in [0.1, 0.15) is 5.75 Å². The second-order valence-corrected chi connectivity index (χ2v) is 5.32. The molecule has 1 aromatic carbocycles. The van der Waals surface area contributed by atoms with E-state index in [1.54, 1.807) is 7.11 Å². The first-order valence-electron chi connectivity index (χ1n) is 7.51. The lowest BCUT2D eigenvalue weighted by Gasteiger charge is -2.15. The first-order chi connectivity index (χ1) is 9.19. The normalized spacial score (nSPS) is 12.4. The monoisotopic (exact) mass is 264 g/mol. The van der Waals surface area contributed by atoms with Gasteiger partial charge in [0, 0.05) is 5.56 Å². The van der Waals surface area contributed by atoms with Crippen LogP contribution in [0.2, 0.25) is 0 Å². The number of methoxy groups -OCH3 is 1. The molecule has 0 saturated heterocycles. The molecule has 0 aliphatic carbocycles. The summed E-state index contributed by atoms with van der Waals surface area (Å²) < 4.78 is 5.32. The van der Waals surface area contributed by atoms with Crippen LogP contribution in [-0.2, 0) is 0 Å². The minimum atomic E-state index is -0.402. The van der Waals surface area contributed by atoms with Gasteiger partial charge >= 0.3 is 0 Å². The first kappa shape index (κ1) is 16.0. The predicted molar refractivity (Wildman–Crippen MR) is 80.7 cm³/mol. The maximum Gasteiger partial charge on any atom is 0.124 e. The van der Waals surface area contributed by atoms with Crippen molar-refractivity contribution in [2.24, 2.45) is 0 Å². The van der Waals surface area contributed by atoms with Crippen LogP contribution in [0.5, 0.6) is 5.75 Å². The van der Waals surface area contributed by atoms with Gasteiger partial charge in [-0.05, 0) is 25.5 Å². The van der Waals surface area contributed by atoms with Crippen LogP contribution in [0.4, 0.5) is 0 Å². The van der Waals surface area contributed by atoms with E-state index in [0.717, 1.165) is 29.7 Å². The van der Waals surface area contributed by atoms with Gasteiger partial charge in [-0.3, -0.25) is 0 Å². The highest BCUT2D eigenvalue weighted by Gasteiger charge is 2.12. The summed E-state index contributed by atoms with van der Waals surface area (Å²) in [4.78, 5) is 0. The molecule has 0 bridgehead atoms. The number of aliphatic hydroxyl groups is 1. The molecule has 2 heteroatoms. The minimum absolute atomic E-state index is 0.402. The van der Waals surface area contributed by atoms with E-state index in [4.69, 9.17) is 4.74 Å². The first-order valence-corrected chi connectivity index (χ1v) is 7.51.